The lowest BCUT2D eigenvalue weighted by molar-refractivity contribution is -0.686. The molecule has 2 N–H and O–H groups in total. The molecule has 3 aromatic rings. The summed E-state index contributed by atoms with van der Waals surface area (Å²) in [6.45, 7) is 4.57. The fraction of sp³-hybridized carbons (Fsp3) is 0.238. The Labute approximate surface area is 153 Å². The minimum atomic E-state index is 0.576. The van der Waals surface area contributed by atoms with Gasteiger partial charge in [0.05, 0.1) is 7.11 Å². The van der Waals surface area contributed by atoms with Gasteiger partial charge in [-0.15, -0.1) is 11.3 Å². The smallest absolute Gasteiger partial charge is 0.161 e. The Balaban J connectivity index is 1.55. The summed E-state index contributed by atoms with van der Waals surface area (Å²) in [5, 5.41) is 4.36. The summed E-state index contributed by atoms with van der Waals surface area (Å²) in [6.07, 6.45) is 0. The molecule has 0 spiro atoms. The first-order chi connectivity index (χ1) is 12.2. The predicted octanol–water partition coefficient (Wildman–Crippen LogP) is 3.91. The molecule has 1 heterocycles. The molecule has 3 rings (SSSR count). The number of benzene rings is 2. The Morgan fingerprint density at radius 1 is 0.920 bits per heavy atom. The second-order valence-corrected chi connectivity index (χ2v) is 7.07. The average molecular weight is 354 g/mol. The Bertz CT molecular complexity index is 782. The summed E-state index contributed by atoms with van der Waals surface area (Å²) >= 11 is 1.70. The van der Waals surface area contributed by atoms with Crippen molar-refractivity contribution >= 4 is 11.3 Å². The topological polar surface area (TPSA) is 35.1 Å². The van der Waals surface area contributed by atoms with Crippen molar-refractivity contribution in [2.24, 2.45) is 0 Å². The van der Waals surface area contributed by atoms with Crippen LogP contribution in [0.3, 0.4) is 0 Å². The summed E-state index contributed by atoms with van der Waals surface area (Å²) in [5.74, 6) is 1.58. The first kappa shape index (κ1) is 17.5. The number of methoxy groups -OCH3 is 1. The quantitative estimate of drug-likeness (QED) is 0.666. The zero-order valence-electron chi connectivity index (χ0n) is 14.7. The molecule has 0 amide bonds. The second-order valence-electron chi connectivity index (χ2n) is 6.04. The Hall–Kier alpha value is -2.30. The molecule has 0 aliphatic carbocycles. The molecule has 0 unspecified atom stereocenters. The molecule has 25 heavy (non-hydrogen) atoms. The van der Waals surface area contributed by atoms with E-state index in [1.807, 2.05) is 12.1 Å². The van der Waals surface area contributed by atoms with Gasteiger partial charge in [-0.1, -0.05) is 35.9 Å². The zero-order chi connectivity index (χ0) is 17.5. The van der Waals surface area contributed by atoms with Crippen LogP contribution < -0.4 is 14.8 Å². The molecule has 130 valence electrons. The number of ether oxygens (including phenoxy) is 2. The van der Waals surface area contributed by atoms with E-state index in [0.29, 0.717) is 6.61 Å². The maximum Gasteiger partial charge on any atom is 0.161 e. The maximum atomic E-state index is 5.89. The van der Waals surface area contributed by atoms with Gasteiger partial charge in [0.25, 0.3) is 0 Å². The fourth-order valence-corrected chi connectivity index (χ4v) is 3.25. The van der Waals surface area contributed by atoms with Crippen LogP contribution in [0.4, 0.5) is 0 Å². The number of thiophene rings is 1. The van der Waals surface area contributed by atoms with Crippen LogP contribution in [0.2, 0.25) is 0 Å². The molecular weight excluding hydrogens is 330 g/mol. The van der Waals surface area contributed by atoms with Crippen molar-refractivity contribution in [1.29, 1.82) is 0 Å². The number of nitrogens with two attached hydrogens (primary N) is 1. The van der Waals surface area contributed by atoms with E-state index in [0.717, 1.165) is 24.6 Å². The normalized spacial score (nSPS) is 10.6. The van der Waals surface area contributed by atoms with Gasteiger partial charge in [0.1, 0.15) is 19.7 Å². The molecule has 0 aliphatic heterocycles. The zero-order valence-corrected chi connectivity index (χ0v) is 15.5. The first-order valence-electron chi connectivity index (χ1n) is 8.44. The number of hydrogen-bond acceptors (Lipinski definition) is 3. The van der Waals surface area contributed by atoms with E-state index in [1.165, 1.54) is 21.6 Å². The van der Waals surface area contributed by atoms with Gasteiger partial charge in [0.2, 0.25) is 0 Å². The lowest BCUT2D eigenvalue weighted by atomic mass is 10.1. The molecular formula is C21H24NO2S+. The molecule has 0 atom stereocenters. The van der Waals surface area contributed by atoms with Crippen molar-refractivity contribution in [3.8, 4) is 11.5 Å². The van der Waals surface area contributed by atoms with Crippen LogP contribution in [0.25, 0.3) is 0 Å². The molecule has 0 saturated heterocycles. The van der Waals surface area contributed by atoms with Crippen LogP contribution in [0, 0.1) is 6.92 Å². The number of quaternary nitrogens is 1. The molecule has 0 saturated carbocycles. The monoisotopic (exact) mass is 354 g/mol. The summed E-state index contributed by atoms with van der Waals surface area (Å²) in [7, 11) is 1.69. The lowest BCUT2D eigenvalue weighted by Gasteiger charge is -2.11. The molecule has 1 aromatic heterocycles. The summed E-state index contributed by atoms with van der Waals surface area (Å²) in [5.41, 5.74) is 3.87. The third-order valence-corrected chi connectivity index (χ3v) is 4.91. The van der Waals surface area contributed by atoms with E-state index in [-0.39, 0.29) is 0 Å². The van der Waals surface area contributed by atoms with Crippen LogP contribution in [0.5, 0.6) is 11.5 Å². The highest BCUT2D eigenvalue weighted by atomic mass is 32.1. The van der Waals surface area contributed by atoms with E-state index in [9.17, 15) is 0 Å². The third-order valence-electron chi connectivity index (χ3n) is 4.06. The largest absolute Gasteiger partial charge is 0.493 e. The van der Waals surface area contributed by atoms with Gasteiger partial charge in [-0.05, 0) is 36.6 Å². The number of rotatable bonds is 8. The summed E-state index contributed by atoms with van der Waals surface area (Å²) < 4.78 is 11.4. The van der Waals surface area contributed by atoms with Crippen molar-refractivity contribution < 1.29 is 14.8 Å². The SMILES string of the molecule is COc1cc(C[NH2+]Cc2ccc(C)cc2)ccc1OCc1cccs1. The van der Waals surface area contributed by atoms with E-state index in [2.05, 4.69) is 60.1 Å². The van der Waals surface area contributed by atoms with Crippen molar-refractivity contribution in [3.05, 3.63) is 81.5 Å². The van der Waals surface area contributed by atoms with Gasteiger partial charge in [-0.3, -0.25) is 0 Å². The predicted molar refractivity (Wildman–Crippen MR) is 102 cm³/mol. The maximum absolute atomic E-state index is 5.89. The minimum Gasteiger partial charge on any atom is -0.493 e. The molecule has 3 nitrogen and oxygen atoms in total. The van der Waals surface area contributed by atoms with Crippen LogP contribution in [0.1, 0.15) is 21.6 Å². The van der Waals surface area contributed by atoms with E-state index < -0.39 is 0 Å². The highest BCUT2D eigenvalue weighted by Gasteiger charge is 2.08. The van der Waals surface area contributed by atoms with Crippen LogP contribution >= 0.6 is 11.3 Å². The van der Waals surface area contributed by atoms with E-state index in [4.69, 9.17) is 9.47 Å². The standard InChI is InChI=1S/C21H23NO2S/c1-16-5-7-17(8-6-16)13-22-14-18-9-10-20(21(12-18)23-2)24-15-19-4-3-11-25-19/h3-12,22H,13-15H2,1-2H3/p+1. The van der Waals surface area contributed by atoms with Crippen molar-refractivity contribution in [2.45, 2.75) is 26.6 Å². The van der Waals surface area contributed by atoms with Crippen molar-refractivity contribution in [2.75, 3.05) is 7.11 Å². The van der Waals surface area contributed by atoms with Crippen molar-refractivity contribution in [3.63, 3.8) is 0 Å². The van der Waals surface area contributed by atoms with Gasteiger partial charge < -0.3 is 14.8 Å². The van der Waals surface area contributed by atoms with Gasteiger partial charge in [-0.2, -0.15) is 0 Å². The molecule has 0 fully saturated rings. The van der Waals surface area contributed by atoms with Crippen LogP contribution in [-0.2, 0) is 19.7 Å². The van der Waals surface area contributed by atoms with Gasteiger partial charge in [-0.25, -0.2) is 0 Å². The van der Waals surface area contributed by atoms with Crippen molar-refractivity contribution in [1.82, 2.24) is 0 Å². The van der Waals surface area contributed by atoms with Crippen LogP contribution in [0.15, 0.2) is 60.0 Å². The lowest BCUT2D eigenvalue weighted by Crippen LogP contribution is -2.80. The van der Waals surface area contributed by atoms with E-state index >= 15 is 0 Å². The fourth-order valence-electron chi connectivity index (χ4n) is 2.63. The molecule has 0 aliphatic rings. The third kappa shape index (κ3) is 5.08. The molecule has 0 bridgehead atoms. The van der Waals surface area contributed by atoms with Gasteiger partial charge in [0, 0.05) is 16.0 Å². The Morgan fingerprint density at radius 3 is 2.40 bits per heavy atom. The van der Waals surface area contributed by atoms with Gasteiger partial charge >= 0.3 is 0 Å². The highest BCUT2D eigenvalue weighted by Crippen LogP contribution is 2.29. The summed E-state index contributed by atoms with van der Waals surface area (Å²) in [4.78, 5) is 1.21. The van der Waals surface area contributed by atoms with Crippen LogP contribution in [-0.4, -0.2) is 7.11 Å². The Kier molecular flexibility index (Phi) is 6.09. The Morgan fingerprint density at radius 2 is 1.68 bits per heavy atom. The van der Waals surface area contributed by atoms with Gasteiger partial charge in [0.15, 0.2) is 11.5 Å². The molecule has 4 heteroatoms. The number of hydrogen-bond donors (Lipinski definition) is 1. The average Bonchev–Trinajstić information content (AvgIpc) is 3.15. The second kappa shape index (κ2) is 8.70. The minimum absolute atomic E-state index is 0.576. The molecule has 0 radical (unpaired) electrons. The first-order valence-corrected chi connectivity index (χ1v) is 9.32. The molecule has 2 aromatic carbocycles. The van der Waals surface area contributed by atoms with E-state index in [1.54, 1.807) is 18.4 Å². The number of aryl methyl sites for hydroxylation is 1. The summed E-state index contributed by atoms with van der Waals surface area (Å²) in [6, 6.07) is 19.0. The highest BCUT2D eigenvalue weighted by molar-refractivity contribution is 7.09.